The smallest absolute Gasteiger partial charge is 0.129 e. The topological polar surface area (TPSA) is 42.2 Å². The Labute approximate surface area is 131 Å². The second-order valence-electron chi connectivity index (χ2n) is 5.60. The third-order valence-corrected chi connectivity index (χ3v) is 4.56. The van der Waals surface area contributed by atoms with E-state index in [0.717, 1.165) is 38.0 Å². The molecule has 5 heteroatoms. The summed E-state index contributed by atoms with van der Waals surface area (Å²) in [5, 5.41) is 1.20. The molecular weight excluding hydrogens is 293 g/mol. The highest BCUT2D eigenvalue weighted by Crippen LogP contribution is 2.25. The molecule has 1 aromatic rings. The Bertz CT molecular complexity index is 431. The number of nitrogens with zero attached hydrogens (tertiary/aromatic N) is 2. The van der Waals surface area contributed by atoms with Crippen LogP contribution in [0.25, 0.3) is 0 Å². The van der Waals surface area contributed by atoms with Gasteiger partial charge in [0.15, 0.2) is 0 Å². The standard InChI is InChI=1S/C15H23Cl2N3/c1-2-9-20(12-5-3-11(18)4-6-12)10-14-13(16)7-8-15(17)19-14/h7-8,11-12H,2-6,9-10,18H2,1H3. The lowest BCUT2D eigenvalue weighted by molar-refractivity contribution is 0.140. The molecule has 1 aliphatic carbocycles. The second-order valence-corrected chi connectivity index (χ2v) is 6.40. The lowest BCUT2D eigenvalue weighted by atomic mass is 9.90. The molecule has 2 rings (SSSR count). The van der Waals surface area contributed by atoms with Gasteiger partial charge in [-0.1, -0.05) is 30.1 Å². The summed E-state index contributed by atoms with van der Waals surface area (Å²) in [4.78, 5) is 6.85. The lowest BCUT2D eigenvalue weighted by Gasteiger charge is -2.36. The fourth-order valence-corrected chi connectivity index (χ4v) is 3.24. The minimum absolute atomic E-state index is 0.377. The summed E-state index contributed by atoms with van der Waals surface area (Å²) in [5.41, 5.74) is 6.88. The molecule has 2 N–H and O–H groups in total. The molecular formula is C15H23Cl2N3. The van der Waals surface area contributed by atoms with Crippen molar-refractivity contribution in [1.82, 2.24) is 9.88 Å². The molecule has 0 aromatic carbocycles. The van der Waals surface area contributed by atoms with E-state index >= 15 is 0 Å². The van der Waals surface area contributed by atoms with Crippen molar-refractivity contribution in [3.8, 4) is 0 Å². The zero-order valence-electron chi connectivity index (χ0n) is 12.0. The highest BCUT2D eigenvalue weighted by atomic mass is 35.5. The SMILES string of the molecule is CCCN(Cc1nc(Cl)ccc1Cl)C1CCC(N)CC1. The van der Waals surface area contributed by atoms with Crippen molar-refractivity contribution in [2.24, 2.45) is 5.73 Å². The molecule has 20 heavy (non-hydrogen) atoms. The lowest BCUT2D eigenvalue weighted by Crippen LogP contribution is -2.41. The van der Waals surface area contributed by atoms with Gasteiger partial charge in [0.1, 0.15) is 5.15 Å². The van der Waals surface area contributed by atoms with E-state index in [1.54, 1.807) is 6.07 Å². The maximum absolute atomic E-state index is 6.23. The summed E-state index contributed by atoms with van der Waals surface area (Å²) in [6.45, 7) is 4.03. The monoisotopic (exact) mass is 315 g/mol. The molecule has 1 heterocycles. The van der Waals surface area contributed by atoms with Gasteiger partial charge >= 0.3 is 0 Å². The van der Waals surface area contributed by atoms with E-state index in [9.17, 15) is 0 Å². The van der Waals surface area contributed by atoms with Crippen molar-refractivity contribution < 1.29 is 0 Å². The van der Waals surface area contributed by atoms with Gasteiger partial charge in [0, 0.05) is 18.6 Å². The zero-order chi connectivity index (χ0) is 14.5. The number of aromatic nitrogens is 1. The Kier molecular flexibility index (Phi) is 6.09. The quantitative estimate of drug-likeness (QED) is 0.839. The number of hydrogen-bond donors (Lipinski definition) is 1. The van der Waals surface area contributed by atoms with Gasteiger partial charge in [-0.15, -0.1) is 0 Å². The summed E-state index contributed by atoms with van der Waals surface area (Å²) in [7, 11) is 0. The molecule has 0 radical (unpaired) electrons. The van der Waals surface area contributed by atoms with Gasteiger partial charge in [-0.2, -0.15) is 0 Å². The second kappa shape index (κ2) is 7.60. The molecule has 3 nitrogen and oxygen atoms in total. The highest BCUT2D eigenvalue weighted by molar-refractivity contribution is 6.32. The highest BCUT2D eigenvalue weighted by Gasteiger charge is 2.24. The van der Waals surface area contributed by atoms with E-state index in [-0.39, 0.29) is 0 Å². The van der Waals surface area contributed by atoms with Crippen LogP contribution in [0.3, 0.4) is 0 Å². The first-order valence-electron chi connectivity index (χ1n) is 7.40. The van der Waals surface area contributed by atoms with E-state index in [0.29, 0.717) is 22.3 Å². The molecule has 0 spiro atoms. The van der Waals surface area contributed by atoms with Crippen LogP contribution in [0.5, 0.6) is 0 Å². The molecule has 0 unspecified atom stereocenters. The Hall–Kier alpha value is -0.350. The van der Waals surface area contributed by atoms with Gasteiger partial charge in [0.2, 0.25) is 0 Å². The molecule has 112 valence electrons. The Morgan fingerprint density at radius 1 is 1.25 bits per heavy atom. The number of pyridine rings is 1. The van der Waals surface area contributed by atoms with Gasteiger partial charge < -0.3 is 5.73 Å². The van der Waals surface area contributed by atoms with Crippen LogP contribution >= 0.6 is 23.2 Å². The van der Waals surface area contributed by atoms with Gasteiger partial charge in [0.25, 0.3) is 0 Å². The largest absolute Gasteiger partial charge is 0.328 e. The van der Waals surface area contributed by atoms with E-state index < -0.39 is 0 Å². The maximum Gasteiger partial charge on any atom is 0.129 e. The molecule has 0 atom stereocenters. The number of nitrogens with two attached hydrogens (primary N) is 1. The molecule has 1 saturated carbocycles. The minimum Gasteiger partial charge on any atom is -0.328 e. The zero-order valence-corrected chi connectivity index (χ0v) is 13.5. The number of rotatable bonds is 5. The average Bonchev–Trinajstić information content (AvgIpc) is 2.43. The Balaban J connectivity index is 2.06. The number of halogens is 2. The first-order chi connectivity index (χ1) is 9.60. The van der Waals surface area contributed by atoms with Crippen molar-refractivity contribution >= 4 is 23.2 Å². The predicted octanol–water partition coefficient (Wildman–Crippen LogP) is 3.87. The van der Waals surface area contributed by atoms with Crippen LogP contribution in [0.1, 0.15) is 44.7 Å². The first-order valence-corrected chi connectivity index (χ1v) is 8.16. The minimum atomic E-state index is 0.377. The van der Waals surface area contributed by atoms with Crippen LogP contribution in [-0.2, 0) is 6.54 Å². The van der Waals surface area contributed by atoms with E-state index in [1.165, 1.54) is 12.8 Å². The molecule has 0 amide bonds. The third-order valence-electron chi connectivity index (χ3n) is 4.01. The number of hydrogen-bond acceptors (Lipinski definition) is 3. The molecule has 1 fully saturated rings. The van der Waals surface area contributed by atoms with Crippen molar-refractivity contribution in [3.63, 3.8) is 0 Å². The van der Waals surface area contributed by atoms with E-state index in [4.69, 9.17) is 28.9 Å². The maximum atomic E-state index is 6.23. The predicted molar refractivity (Wildman–Crippen MR) is 85.2 cm³/mol. The summed E-state index contributed by atoms with van der Waals surface area (Å²) in [6.07, 6.45) is 5.68. The van der Waals surface area contributed by atoms with Crippen LogP contribution in [0.2, 0.25) is 10.2 Å². The van der Waals surface area contributed by atoms with E-state index in [1.807, 2.05) is 6.07 Å². The summed E-state index contributed by atoms with van der Waals surface area (Å²) >= 11 is 12.2. The van der Waals surface area contributed by atoms with Crippen LogP contribution < -0.4 is 5.73 Å². The Morgan fingerprint density at radius 3 is 2.60 bits per heavy atom. The molecule has 1 aliphatic rings. The van der Waals surface area contributed by atoms with Crippen molar-refractivity contribution in [3.05, 3.63) is 28.0 Å². The third kappa shape index (κ3) is 4.32. The average molecular weight is 316 g/mol. The fourth-order valence-electron chi connectivity index (χ4n) is 2.91. The van der Waals surface area contributed by atoms with E-state index in [2.05, 4.69) is 16.8 Å². The summed E-state index contributed by atoms with van der Waals surface area (Å²) in [6, 6.07) is 4.53. The molecule has 0 saturated heterocycles. The summed E-state index contributed by atoms with van der Waals surface area (Å²) < 4.78 is 0. The van der Waals surface area contributed by atoms with Crippen molar-refractivity contribution in [1.29, 1.82) is 0 Å². The van der Waals surface area contributed by atoms with Crippen molar-refractivity contribution in [2.75, 3.05) is 6.54 Å². The normalized spacial score (nSPS) is 23.2. The molecule has 0 bridgehead atoms. The van der Waals surface area contributed by atoms with Crippen LogP contribution in [0.15, 0.2) is 12.1 Å². The van der Waals surface area contributed by atoms with Gasteiger partial charge in [0.05, 0.1) is 10.7 Å². The van der Waals surface area contributed by atoms with Crippen molar-refractivity contribution in [2.45, 2.75) is 57.7 Å². The fraction of sp³-hybridized carbons (Fsp3) is 0.667. The Morgan fingerprint density at radius 2 is 1.95 bits per heavy atom. The molecule has 1 aromatic heterocycles. The van der Waals surface area contributed by atoms with Gasteiger partial charge in [-0.3, -0.25) is 4.90 Å². The van der Waals surface area contributed by atoms with Crippen LogP contribution in [-0.4, -0.2) is 28.5 Å². The van der Waals surface area contributed by atoms with Crippen LogP contribution in [0.4, 0.5) is 0 Å². The first kappa shape index (κ1) is 16.0. The van der Waals surface area contributed by atoms with Crippen LogP contribution in [0, 0.1) is 0 Å². The summed E-state index contributed by atoms with van der Waals surface area (Å²) in [5.74, 6) is 0. The molecule has 0 aliphatic heterocycles. The van der Waals surface area contributed by atoms with Gasteiger partial charge in [-0.05, 0) is 50.8 Å². The van der Waals surface area contributed by atoms with Gasteiger partial charge in [-0.25, -0.2) is 4.98 Å².